The first-order valence-corrected chi connectivity index (χ1v) is 7.60. The Balaban J connectivity index is 2.36. The Morgan fingerprint density at radius 2 is 1.83 bits per heavy atom. The van der Waals surface area contributed by atoms with Gasteiger partial charge in [-0.25, -0.2) is 4.79 Å². The quantitative estimate of drug-likeness (QED) is 0.471. The first-order chi connectivity index (χ1) is 11.1. The topological polar surface area (TPSA) is 111 Å². The van der Waals surface area contributed by atoms with Crippen molar-refractivity contribution in [2.45, 2.75) is 39.7 Å². The highest BCUT2D eigenvalue weighted by atomic mass is 16.6. The molecule has 2 N–H and O–H groups in total. The molecule has 2 amide bonds. The molecule has 0 heterocycles. The SMILES string of the molecule is Cc1cc(C(=O)NCCCNC(=O)OC(C)(C)C)ccc1[N+](=O)[O-]. The van der Waals surface area contributed by atoms with E-state index in [-0.39, 0.29) is 11.6 Å². The molecular weight excluding hydrogens is 314 g/mol. The summed E-state index contributed by atoms with van der Waals surface area (Å²) < 4.78 is 5.09. The standard InChI is InChI=1S/C16H23N3O5/c1-11-10-12(6-7-13(11)19(22)23)14(20)17-8-5-9-18-15(21)24-16(2,3)4/h6-7,10H,5,8-9H2,1-4H3,(H,17,20)(H,18,21). The Bertz CT molecular complexity index is 623. The summed E-state index contributed by atoms with van der Waals surface area (Å²) in [6.45, 7) is 7.65. The molecule has 132 valence electrons. The predicted molar refractivity (Wildman–Crippen MR) is 89.0 cm³/mol. The Labute approximate surface area is 140 Å². The van der Waals surface area contributed by atoms with Crippen molar-refractivity contribution in [1.29, 1.82) is 0 Å². The Kier molecular flexibility index (Phi) is 6.69. The zero-order valence-corrected chi connectivity index (χ0v) is 14.3. The van der Waals surface area contributed by atoms with Gasteiger partial charge in [0, 0.05) is 30.3 Å². The number of carbonyl (C=O) groups excluding carboxylic acids is 2. The van der Waals surface area contributed by atoms with Gasteiger partial charge in [-0.15, -0.1) is 0 Å². The van der Waals surface area contributed by atoms with E-state index in [1.54, 1.807) is 27.7 Å². The molecule has 0 bridgehead atoms. The van der Waals surface area contributed by atoms with Crippen LogP contribution < -0.4 is 10.6 Å². The summed E-state index contributed by atoms with van der Waals surface area (Å²) in [7, 11) is 0. The first kappa shape index (κ1) is 19.4. The normalized spacial score (nSPS) is 10.8. The lowest BCUT2D eigenvalue weighted by Gasteiger charge is -2.19. The number of benzene rings is 1. The highest BCUT2D eigenvalue weighted by molar-refractivity contribution is 5.94. The van der Waals surface area contributed by atoms with Gasteiger partial charge in [0.1, 0.15) is 5.60 Å². The molecule has 0 saturated carbocycles. The molecule has 0 atom stereocenters. The predicted octanol–water partition coefficient (Wildman–Crippen LogP) is 2.55. The maximum Gasteiger partial charge on any atom is 0.407 e. The van der Waals surface area contributed by atoms with Crippen LogP contribution in [0.25, 0.3) is 0 Å². The van der Waals surface area contributed by atoms with Crippen LogP contribution in [0.1, 0.15) is 43.1 Å². The number of nitrogens with one attached hydrogen (secondary N) is 2. The summed E-state index contributed by atoms with van der Waals surface area (Å²) in [6, 6.07) is 4.21. The zero-order chi connectivity index (χ0) is 18.3. The summed E-state index contributed by atoms with van der Waals surface area (Å²) >= 11 is 0. The summed E-state index contributed by atoms with van der Waals surface area (Å²) in [6.07, 6.45) is 0.0385. The van der Waals surface area contributed by atoms with Crippen LogP contribution in [0.5, 0.6) is 0 Å². The molecule has 1 aromatic rings. The van der Waals surface area contributed by atoms with E-state index >= 15 is 0 Å². The molecule has 0 spiro atoms. The van der Waals surface area contributed by atoms with E-state index in [4.69, 9.17) is 4.74 Å². The number of ether oxygens (including phenoxy) is 1. The number of aryl methyl sites for hydroxylation is 1. The van der Waals surface area contributed by atoms with E-state index in [1.807, 2.05) is 0 Å². The molecule has 0 saturated heterocycles. The minimum Gasteiger partial charge on any atom is -0.444 e. The van der Waals surface area contributed by atoms with Gasteiger partial charge in [0.05, 0.1) is 4.92 Å². The van der Waals surface area contributed by atoms with Crippen LogP contribution in [-0.2, 0) is 4.74 Å². The number of rotatable bonds is 6. The number of hydrogen-bond acceptors (Lipinski definition) is 5. The molecule has 0 fully saturated rings. The highest BCUT2D eigenvalue weighted by Crippen LogP contribution is 2.18. The van der Waals surface area contributed by atoms with Crippen LogP contribution in [0.2, 0.25) is 0 Å². The largest absolute Gasteiger partial charge is 0.444 e. The van der Waals surface area contributed by atoms with Crippen molar-refractivity contribution >= 4 is 17.7 Å². The molecule has 0 aliphatic heterocycles. The fraction of sp³-hybridized carbons (Fsp3) is 0.500. The van der Waals surface area contributed by atoms with Crippen LogP contribution in [0.4, 0.5) is 10.5 Å². The van der Waals surface area contributed by atoms with Gasteiger partial charge in [0.2, 0.25) is 0 Å². The van der Waals surface area contributed by atoms with Gasteiger partial charge in [0.25, 0.3) is 11.6 Å². The third kappa shape index (κ3) is 6.64. The Morgan fingerprint density at radius 1 is 1.21 bits per heavy atom. The minimum atomic E-state index is -0.550. The van der Waals surface area contributed by atoms with Gasteiger partial charge in [-0.2, -0.15) is 0 Å². The number of nitro benzene ring substituents is 1. The smallest absolute Gasteiger partial charge is 0.407 e. The van der Waals surface area contributed by atoms with Gasteiger partial charge in [-0.3, -0.25) is 14.9 Å². The van der Waals surface area contributed by atoms with E-state index in [1.165, 1.54) is 18.2 Å². The first-order valence-electron chi connectivity index (χ1n) is 7.60. The van der Waals surface area contributed by atoms with Crippen LogP contribution in [0, 0.1) is 17.0 Å². The summed E-state index contributed by atoms with van der Waals surface area (Å²) in [4.78, 5) is 33.7. The fourth-order valence-electron chi connectivity index (χ4n) is 1.90. The van der Waals surface area contributed by atoms with Crippen LogP contribution in [0.15, 0.2) is 18.2 Å². The summed E-state index contributed by atoms with van der Waals surface area (Å²) in [5.74, 6) is -0.315. The molecule has 1 rings (SSSR count). The monoisotopic (exact) mass is 337 g/mol. The molecule has 8 heteroatoms. The molecule has 8 nitrogen and oxygen atoms in total. The van der Waals surface area contributed by atoms with Crippen molar-refractivity contribution in [3.8, 4) is 0 Å². The molecule has 0 aliphatic carbocycles. The molecule has 1 aromatic carbocycles. The van der Waals surface area contributed by atoms with Crippen LogP contribution in [0.3, 0.4) is 0 Å². The molecule has 0 radical (unpaired) electrons. The second kappa shape index (κ2) is 8.28. The maximum absolute atomic E-state index is 12.0. The number of hydrogen-bond donors (Lipinski definition) is 2. The molecular formula is C16H23N3O5. The fourth-order valence-corrected chi connectivity index (χ4v) is 1.90. The maximum atomic E-state index is 12.0. The lowest BCUT2D eigenvalue weighted by atomic mass is 10.1. The molecule has 0 aliphatic rings. The van der Waals surface area contributed by atoms with Crippen molar-refractivity contribution in [2.24, 2.45) is 0 Å². The minimum absolute atomic E-state index is 0.0203. The van der Waals surface area contributed by atoms with Crippen molar-refractivity contribution in [3.63, 3.8) is 0 Å². The van der Waals surface area contributed by atoms with Gasteiger partial charge >= 0.3 is 6.09 Å². The van der Waals surface area contributed by atoms with E-state index in [0.717, 1.165) is 0 Å². The van der Waals surface area contributed by atoms with Crippen LogP contribution in [-0.4, -0.2) is 35.6 Å². The zero-order valence-electron chi connectivity index (χ0n) is 14.3. The van der Waals surface area contributed by atoms with Gasteiger partial charge < -0.3 is 15.4 Å². The number of nitro groups is 1. The van der Waals surface area contributed by atoms with E-state index in [0.29, 0.717) is 30.6 Å². The van der Waals surface area contributed by atoms with Crippen molar-refractivity contribution < 1.29 is 19.2 Å². The second-order valence-electron chi connectivity index (χ2n) is 6.30. The number of carbonyl (C=O) groups is 2. The van der Waals surface area contributed by atoms with Crippen LogP contribution >= 0.6 is 0 Å². The number of nitrogens with zero attached hydrogens (tertiary/aromatic N) is 1. The van der Waals surface area contributed by atoms with E-state index in [9.17, 15) is 19.7 Å². The Morgan fingerprint density at radius 3 is 2.38 bits per heavy atom. The third-order valence-electron chi connectivity index (χ3n) is 2.96. The average Bonchev–Trinajstić information content (AvgIpc) is 2.44. The lowest BCUT2D eigenvalue weighted by Crippen LogP contribution is -2.34. The van der Waals surface area contributed by atoms with Gasteiger partial charge in [-0.05, 0) is 46.2 Å². The Hall–Kier alpha value is -2.64. The molecule has 0 aromatic heterocycles. The highest BCUT2D eigenvalue weighted by Gasteiger charge is 2.16. The van der Waals surface area contributed by atoms with Crippen molar-refractivity contribution in [1.82, 2.24) is 10.6 Å². The van der Waals surface area contributed by atoms with Crippen molar-refractivity contribution in [2.75, 3.05) is 13.1 Å². The van der Waals surface area contributed by atoms with E-state index in [2.05, 4.69) is 10.6 Å². The number of amides is 2. The third-order valence-corrected chi connectivity index (χ3v) is 2.96. The second-order valence-corrected chi connectivity index (χ2v) is 6.30. The molecule has 24 heavy (non-hydrogen) atoms. The van der Waals surface area contributed by atoms with E-state index < -0.39 is 16.6 Å². The van der Waals surface area contributed by atoms with Crippen molar-refractivity contribution in [3.05, 3.63) is 39.4 Å². The molecule has 0 unspecified atom stereocenters. The number of alkyl carbamates (subject to hydrolysis) is 1. The average molecular weight is 337 g/mol. The van der Waals surface area contributed by atoms with Gasteiger partial charge in [0.15, 0.2) is 0 Å². The summed E-state index contributed by atoms with van der Waals surface area (Å²) in [5.41, 5.74) is 0.220. The lowest BCUT2D eigenvalue weighted by molar-refractivity contribution is -0.385. The summed E-state index contributed by atoms with van der Waals surface area (Å²) in [5, 5.41) is 16.0. The van der Waals surface area contributed by atoms with Gasteiger partial charge in [-0.1, -0.05) is 0 Å².